The maximum atomic E-state index is 12.6. The first kappa shape index (κ1) is 51.7. The van der Waals surface area contributed by atoms with E-state index in [0.29, 0.717) is 6.61 Å². The van der Waals surface area contributed by atoms with E-state index >= 15 is 0 Å². The Balaban J connectivity index is 4.16. The van der Waals surface area contributed by atoms with Crippen LogP contribution in [-0.4, -0.2) is 60.5 Å². The number of ether oxygens (including phenoxy) is 2. The summed E-state index contributed by atoms with van der Waals surface area (Å²) in [6.45, 7) is 3.86. The molecular weight excluding hydrogens is 693 g/mol. The quantitative estimate of drug-likeness (QED) is 0.0236. The molecule has 314 valence electrons. The monoisotopic (exact) mass is 776 g/mol. The lowest BCUT2D eigenvalue weighted by Crippen LogP contribution is -2.34. The molecule has 0 saturated carbocycles. The molecule has 0 bridgehead atoms. The van der Waals surface area contributed by atoms with Crippen LogP contribution in [0.25, 0.3) is 0 Å². The van der Waals surface area contributed by atoms with E-state index in [4.69, 9.17) is 29.4 Å². The minimum Gasteiger partial charge on any atom is -0.480 e. The average molecular weight is 776 g/mol. The van der Waals surface area contributed by atoms with E-state index in [1.807, 2.05) is 0 Å². The van der Waals surface area contributed by atoms with Crippen molar-refractivity contribution >= 4 is 19.8 Å². The van der Waals surface area contributed by atoms with E-state index in [2.05, 4.69) is 26.0 Å². The number of unbranched alkanes of at least 4 members (excludes halogenated alkanes) is 26. The lowest BCUT2D eigenvalue weighted by Gasteiger charge is -2.20. The molecule has 0 saturated heterocycles. The zero-order chi connectivity index (χ0) is 39.1. The Kier molecular flexibility index (Phi) is 38.0. The number of carbonyl (C=O) groups is 2. The Morgan fingerprint density at radius 3 is 1.49 bits per heavy atom. The molecule has 0 aromatic heterocycles. The van der Waals surface area contributed by atoms with Crippen molar-refractivity contribution in [3.05, 3.63) is 12.2 Å². The van der Waals surface area contributed by atoms with Crippen molar-refractivity contribution in [1.82, 2.24) is 0 Å². The minimum absolute atomic E-state index is 0.0178. The van der Waals surface area contributed by atoms with Crippen LogP contribution in [0.3, 0.4) is 0 Å². The molecule has 0 aromatic carbocycles. The summed E-state index contributed by atoms with van der Waals surface area (Å²) in [4.78, 5) is 33.5. The van der Waals surface area contributed by atoms with Gasteiger partial charge in [0, 0.05) is 13.0 Å². The second-order valence-electron chi connectivity index (χ2n) is 14.8. The molecule has 0 radical (unpaired) electrons. The highest BCUT2D eigenvalue weighted by molar-refractivity contribution is 7.47. The molecule has 0 aromatic rings. The van der Waals surface area contributed by atoms with Gasteiger partial charge in [0.2, 0.25) is 0 Å². The van der Waals surface area contributed by atoms with Gasteiger partial charge in [0.15, 0.2) is 0 Å². The third kappa shape index (κ3) is 38.8. The predicted molar refractivity (Wildman–Crippen MR) is 217 cm³/mol. The van der Waals surface area contributed by atoms with Crippen LogP contribution in [0.4, 0.5) is 0 Å². The van der Waals surface area contributed by atoms with Crippen molar-refractivity contribution < 1.29 is 42.7 Å². The van der Waals surface area contributed by atoms with Crippen molar-refractivity contribution in [3.63, 3.8) is 0 Å². The van der Waals surface area contributed by atoms with Gasteiger partial charge < -0.3 is 25.2 Å². The number of carboxylic acid groups (broad SMARTS) is 1. The van der Waals surface area contributed by atoms with Crippen molar-refractivity contribution in [1.29, 1.82) is 0 Å². The molecule has 0 aliphatic rings. The summed E-state index contributed by atoms with van der Waals surface area (Å²) in [6.07, 6.45) is 39.8. The van der Waals surface area contributed by atoms with Crippen LogP contribution in [0.1, 0.15) is 206 Å². The fourth-order valence-electron chi connectivity index (χ4n) is 6.11. The summed E-state index contributed by atoms with van der Waals surface area (Å²) in [6, 6.07) is -1.47. The third-order valence-electron chi connectivity index (χ3n) is 9.54. The fourth-order valence-corrected chi connectivity index (χ4v) is 6.89. The molecule has 10 nitrogen and oxygen atoms in total. The molecular formula is C42H82NO9P. The summed E-state index contributed by atoms with van der Waals surface area (Å²) in [5.41, 5.74) is 5.35. The summed E-state index contributed by atoms with van der Waals surface area (Å²) in [7, 11) is -4.61. The molecule has 4 N–H and O–H groups in total. The fraction of sp³-hybridized carbons (Fsp3) is 0.905. The topological polar surface area (TPSA) is 155 Å². The lowest BCUT2D eigenvalue weighted by atomic mass is 10.0. The number of carboxylic acids is 1. The number of phosphoric acid groups is 1. The van der Waals surface area contributed by atoms with Gasteiger partial charge >= 0.3 is 19.8 Å². The number of rotatable bonds is 42. The van der Waals surface area contributed by atoms with Gasteiger partial charge in [-0.3, -0.25) is 18.6 Å². The number of hydrogen-bond acceptors (Lipinski definition) is 8. The second kappa shape index (κ2) is 39.0. The van der Waals surface area contributed by atoms with Gasteiger partial charge in [-0.05, 0) is 32.1 Å². The number of allylic oxidation sites excluding steroid dienone is 2. The van der Waals surface area contributed by atoms with Crippen molar-refractivity contribution in [3.8, 4) is 0 Å². The molecule has 0 spiro atoms. The highest BCUT2D eigenvalue weighted by Gasteiger charge is 2.27. The summed E-state index contributed by atoms with van der Waals surface area (Å²) in [5, 5.41) is 8.88. The van der Waals surface area contributed by atoms with Crippen molar-refractivity contribution in [2.45, 2.75) is 219 Å². The van der Waals surface area contributed by atoms with Crippen LogP contribution < -0.4 is 5.73 Å². The number of hydrogen-bond donors (Lipinski definition) is 3. The smallest absolute Gasteiger partial charge is 0.472 e. The van der Waals surface area contributed by atoms with Gasteiger partial charge in [0.05, 0.1) is 19.8 Å². The molecule has 0 aliphatic carbocycles. The molecule has 3 atom stereocenters. The zero-order valence-electron chi connectivity index (χ0n) is 34.1. The largest absolute Gasteiger partial charge is 0.480 e. The van der Waals surface area contributed by atoms with Gasteiger partial charge in [0.25, 0.3) is 0 Å². The van der Waals surface area contributed by atoms with E-state index in [-0.39, 0.29) is 13.0 Å². The molecule has 0 fully saturated rings. The first-order valence-electron chi connectivity index (χ1n) is 21.7. The van der Waals surface area contributed by atoms with E-state index in [9.17, 15) is 19.0 Å². The number of aliphatic carboxylic acids is 1. The van der Waals surface area contributed by atoms with Crippen LogP contribution >= 0.6 is 7.82 Å². The molecule has 0 rings (SSSR count). The van der Waals surface area contributed by atoms with Crippen molar-refractivity contribution in [2.75, 3.05) is 26.4 Å². The van der Waals surface area contributed by atoms with Crippen LogP contribution in [0.5, 0.6) is 0 Å². The van der Waals surface area contributed by atoms with Crippen LogP contribution in [-0.2, 0) is 32.7 Å². The Morgan fingerprint density at radius 1 is 0.585 bits per heavy atom. The first-order chi connectivity index (χ1) is 25.7. The first-order valence-corrected chi connectivity index (χ1v) is 23.2. The van der Waals surface area contributed by atoms with E-state index in [0.717, 1.165) is 44.9 Å². The van der Waals surface area contributed by atoms with Gasteiger partial charge in [-0.1, -0.05) is 180 Å². The molecule has 0 heterocycles. The normalized spacial score (nSPS) is 14.0. The molecule has 11 heteroatoms. The van der Waals surface area contributed by atoms with E-state index in [1.54, 1.807) is 0 Å². The van der Waals surface area contributed by atoms with Crippen LogP contribution in [0.15, 0.2) is 12.2 Å². The number of esters is 1. The Labute approximate surface area is 324 Å². The van der Waals surface area contributed by atoms with Crippen LogP contribution in [0, 0.1) is 0 Å². The van der Waals surface area contributed by atoms with E-state index < -0.39 is 45.1 Å². The molecule has 3 unspecified atom stereocenters. The lowest BCUT2D eigenvalue weighted by molar-refractivity contribution is -0.154. The molecule has 53 heavy (non-hydrogen) atoms. The Hall–Kier alpha value is -1.29. The standard InChI is InChI=1S/C42H82NO9P/c1-3-5-7-9-11-13-15-17-18-19-20-21-22-23-24-26-28-30-32-34-41(44)52-39(37-50-53(47,48)51-38-40(43)42(45)46)36-49-35-33-31-29-27-25-16-14-12-10-8-6-4-2/h10,12,39-40H,3-9,11,13-38,43H2,1-2H3,(H,45,46)(H,47,48)/b12-10-. The molecule has 0 amide bonds. The van der Waals surface area contributed by atoms with Gasteiger partial charge in [-0.2, -0.15) is 0 Å². The number of nitrogens with two attached hydrogens (primary N) is 1. The highest BCUT2D eigenvalue weighted by atomic mass is 31.2. The molecule has 0 aliphatic heterocycles. The Morgan fingerprint density at radius 2 is 1.00 bits per heavy atom. The maximum Gasteiger partial charge on any atom is 0.472 e. The third-order valence-corrected chi connectivity index (χ3v) is 10.5. The van der Waals surface area contributed by atoms with E-state index in [1.165, 1.54) is 141 Å². The minimum atomic E-state index is -4.61. The van der Waals surface area contributed by atoms with Gasteiger partial charge in [-0.15, -0.1) is 0 Å². The second-order valence-corrected chi connectivity index (χ2v) is 16.3. The average Bonchev–Trinajstić information content (AvgIpc) is 3.13. The zero-order valence-corrected chi connectivity index (χ0v) is 35.0. The van der Waals surface area contributed by atoms with Gasteiger partial charge in [0.1, 0.15) is 12.1 Å². The van der Waals surface area contributed by atoms with Crippen molar-refractivity contribution in [2.24, 2.45) is 5.73 Å². The summed E-state index contributed by atoms with van der Waals surface area (Å²) >= 11 is 0. The number of carbonyl (C=O) groups excluding carboxylic acids is 1. The predicted octanol–water partition coefficient (Wildman–Crippen LogP) is 11.8. The summed E-state index contributed by atoms with van der Waals surface area (Å²) < 4.78 is 33.3. The van der Waals surface area contributed by atoms with Crippen LogP contribution in [0.2, 0.25) is 0 Å². The van der Waals surface area contributed by atoms with Gasteiger partial charge in [-0.25, -0.2) is 4.57 Å². The highest BCUT2D eigenvalue weighted by Crippen LogP contribution is 2.43. The summed E-state index contributed by atoms with van der Waals surface area (Å²) in [5.74, 6) is -1.77. The maximum absolute atomic E-state index is 12.6. The number of phosphoric ester groups is 1. The SMILES string of the molecule is CCCC/C=C\CCCCCCCCOCC(COP(=O)(O)OCC(N)C(=O)O)OC(=O)CCCCCCCCCCCCCCCCCCCCC. The Bertz CT molecular complexity index is 904.